The van der Waals surface area contributed by atoms with Crippen molar-refractivity contribution in [2.24, 2.45) is 5.41 Å². The lowest BCUT2D eigenvalue weighted by molar-refractivity contribution is 0.0412. The highest BCUT2D eigenvalue weighted by atomic mass is 32.2. The van der Waals surface area contributed by atoms with Crippen molar-refractivity contribution in [2.45, 2.75) is 51.9 Å². The van der Waals surface area contributed by atoms with E-state index in [0.29, 0.717) is 0 Å². The summed E-state index contributed by atoms with van der Waals surface area (Å²) in [5, 5.41) is 0. The van der Waals surface area contributed by atoms with Gasteiger partial charge in [-0.2, -0.15) is 0 Å². The number of allylic oxidation sites excluding steroid dienone is 5. The molecule has 2 aliphatic rings. The summed E-state index contributed by atoms with van der Waals surface area (Å²) in [6, 6.07) is 0. The van der Waals surface area contributed by atoms with E-state index in [0.717, 1.165) is 25.9 Å². The normalized spacial score (nSPS) is 25.8. The van der Waals surface area contributed by atoms with Gasteiger partial charge in [-0.25, -0.2) is 0 Å². The molecule has 110 valence electrons. The van der Waals surface area contributed by atoms with Crippen LogP contribution in [0.2, 0.25) is 0 Å². The van der Waals surface area contributed by atoms with Crippen LogP contribution in [-0.4, -0.2) is 11.5 Å². The molecule has 0 saturated carbocycles. The molecule has 0 bridgehead atoms. The average Bonchev–Trinajstić information content (AvgIpc) is 2.88. The molecule has 1 atom stereocenters. The first kappa shape index (κ1) is 15.7. The van der Waals surface area contributed by atoms with Crippen LogP contribution < -0.4 is 0 Å². The summed E-state index contributed by atoms with van der Waals surface area (Å²) in [6.07, 6.45) is 16.5. The van der Waals surface area contributed by atoms with Gasteiger partial charge in [-0.05, 0) is 23.8 Å². The molecule has 1 nitrogen and oxygen atoms in total. The fourth-order valence-electron chi connectivity index (χ4n) is 2.68. The Morgan fingerprint density at radius 3 is 2.70 bits per heavy atom. The second-order valence-corrected chi connectivity index (χ2v) is 7.75. The first-order valence-corrected chi connectivity index (χ1v) is 8.37. The number of hydrogen-bond donors (Lipinski definition) is 0. The summed E-state index contributed by atoms with van der Waals surface area (Å²) in [5.74, 6) is 0. The first-order chi connectivity index (χ1) is 9.48. The molecule has 1 unspecified atom stereocenters. The van der Waals surface area contributed by atoms with Gasteiger partial charge in [-0.15, -0.1) is 0 Å². The van der Waals surface area contributed by atoms with Crippen molar-refractivity contribution in [1.82, 2.24) is 0 Å². The molecule has 0 spiro atoms. The van der Waals surface area contributed by atoms with Crippen molar-refractivity contribution in [3.8, 4) is 0 Å². The molecule has 2 aliphatic carbocycles. The predicted molar refractivity (Wildman–Crippen MR) is 89.7 cm³/mol. The van der Waals surface area contributed by atoms with E-state index in [-0.39, 0.29) is 10.3 Å². The van der Waals surface area contributed by atoms with Crippen LogP contribution in [0.15, 0.2) is 46.9 Å². The molecule has 0 aromatic carbocycles. The smallest absolute Gasteiger partial charge is 0.143 e. The molecular weight excluding hydrogens is 264 g/mol. The summed E-state index contributed by atoms with van der Waals surface area (Å²) in [5.41, 5.74) is 1.51. The number of thioether (sulfide) groups is 1. The Hall–Kier alpha value is -0.730. The predicted octanol–water partition coefficient (Wildman–Crippen LogP) is 5.62. The van der Waals surface area contributed by atoms with Crippen molar-refractivity contribution in [2.75, 3.05) is 6.61 Å². The molecule has 0 aromatic rings. The highest BCUT2D eigenvalue weighted by molar-refractivity contribution is 8.04. The highest BCUT2D eigenvalue weighted by Gasteiger charge is 2.42. The van der Waals surface area contributed by atoms with Gasteiger partial charge in [0.2, 0.25) is 0 Å². The van der Waals surface area contributed by atoms with Gasteiger partial charge in [0.05, 0.1) is 0 Å². The number of hydrogen-bond acceptors (Lipinski definition) is 2. The Kier molecular flexibility index (Phi) is 4.98. The van der Waals surface area contributed by atoms with Crippen LogP contribution in [-0.2, 0) is 4.74 Å². The monoisotopic (exact) mass is 290 g/mol. The van der Waals surface area contributed by atoms with Crippen LogP contribution in [0.5, 0.6) is 0 Å². The van der Waals surface area contributed by atoms with Gasteiger partial charge in [0.15, 0.2) is 0 Å². The molecule has 0 saturated heterocycles. The van der Waals surface area contributed by atoms with Crippen molar-refractivity contribution in [3.63, 3.8) is 0 Å². The minimum Gasteiger partial charge on any atom is -0.360 e. The summed E-state index contributed by atoms with van der Waals surface area (Å²) in [7, 11) is 0. The molecule has 20 heavy (non-hydrogen) atoms. The van der Waals surface area contributed by atoms with E-state index in [4.69, 9.17) is 4.74 Å². The Balaban J connectivity index is 2.31. The van der Waals surface area contributed by atoms with Gasteiger partial charge >= 0.3 is 0 Å². The fraction of sp³-hybridized carbons (Fsp3) is 0.556. The third-order valence-corrected chi connectivity index (χ3v) is 4.94. The van der Waals surface area contributed by atoms with E-state index in [9.17, 15) is 0 Å². The Morgan fingerprint density at radius 2 is 2.10 bits per heavy atom. The Morgan fingerprint density at radius 1 is 1.30 bits per heavy atom. The minimum absolute atomic E-state index is 0.119. The number of ether oxygens (including phenoxy) is 1. The van der Waals surface area contributed by atoms with E-state index in [1.807, 2.05) is 11.8 Å². The molecule has 0 amide bonds. The van der Waals surface area contributed by atoms with Crippen LogP contribution in [0.1, 0.15) is 47.0 Å². The van der Waals surface area contributed by atoms with Crippen molar-refractivity contribution in [1.29, 1.82) is 0 Å². The summed E-state index contributed by atoms with van der Waals surface area (Å²) < 4.78 is 6.39. The summed E-state index contributed by atoms with van der Waals surface area (Å²) >= 11 is 1.88. The Labute approximate surface area is 127 Å². The van der Waals surface area contributed by atoms with Crippen LogP contribution in [0.4, 0.5) is 0 Å². The third-order valence-electron chi connectivity index (χ3n) is 3.56. The van der Waals surface area contributed by atoms with Gasteiger partial charge in [-0.3, -0.25) is 0 Å². The molecule has 0 heterocycles. The molecule has 0 fully saturated rings. The SMILES string of the molecule is CCCOC1(SC2=CCC=C2)CC=CC=C1C(C)(C)C. The zero-order valence-electron chi connectivity index (χ0n) is 13.1. The zero-order chi connectivity index (χ0) is 14.6. The average molecular weight is 290 g/mol. The fourth-order valence-corrected chi connectivity index (χ4v) is 4.21. The van der Waals surface area contributed by atoms with E-state index in [1.54, 1.807) is 0 Å². The first-order valence-electron chi connectivity index (χ1n) is 7.55. The zero-order valence-corrected chi connectivity index (χ0v) is 13.9. The summed E-state index contributed by atoms with van der Waals surface area (Å²) in [6.45, 7) is 9.82. The lowest BCUT2D eigenvalue weighted by Gasteiger charge is -2.42. The second kappa shape index (κ2) is 6.36. The molecule has 2 rings (SSSR count). The minimum atomic E-state index is -0.233. The van der Waals surface area contributed by atoms with Gasteiger partial charge in [-0.1, -0.05) is 75.9 Å². The lowest BCUT2D eigenvalue weighted by Crippen LogP contribution is -2.38. The summed E-state index contributed by atoms with van der Waals surface area (Å²) in [4.78, 5) is 1.11. The van der Waals surface area contributed by atoms with E-state index in [2.05, 4.69) is 64.2 Å². The quantitative estimate of drug-likeness (QED) is 0.608. The van der Waals surface area contributed by atoms with E-state index < -0.39 is 0 Å². The maximum absolute atomic E-state index is 6.39. The largest absolute Gasteiger partial charge is 0.360 e. The van der Waals surface area contributed by atoms with Crippen LogP contribution in [0.25, 0.3) is 0 Å². The topological polar surface area (TPSA) is 9.23 Å². The molecule has 0 radical (unpaired) electrons. The molecule has 0 N–H and O–H groups in total. The number of rotatable bonds is 5. The standard InChI is InChI=1S/C18H26OS/c1-5-14-19-18(20-15-10-6-7-11-15)13-9-8-12-16(18)17(2,3)4/h6,8-12H,5,7,13-14H2,1-4H3. The van der Waals surface area contributed by atoms with Crippen molar-refractivity contribution in [3.05, 3.63) is 46.9 Å². The molecule has 2 heteroatoms. The van der Waals surface area contributed by atoms with Gasteiger partial charge in [0, 0.05) is 17.9 Å². The van der Waals surface area contributed by atoms with Crippen molar-refractivity contribution >= 4 is 11.8 Å². The molecule has 0 aromatic heterocycles. The van der Waals surface area contributed by atoms with E-state index in [1.165, 1.54) is 10.5 Å². The second-order valence-electron chi connectivity index (χ2n) is 6.41. The maximum atomic E-state index is 6.39. The molecular formula is C18H26OS. The van der Waals surface area contributed by atoms with E-state index >= 15 is 0 Å². The molecule has 0 aliphatic heterocycles. The maximum Gasteiger partial charge on any atom is 0.143 e. The lowest BCUT2D eigenvalue weighted by atomic mass is 9.79. The highest BCUT2D eigenvalue weighted by Crippen LogP contribution is 2.51. The third kappa shape index (κ3) is 3.48. The van der Waals surface area contributed by atoms with Gasteiger partial charge in [0.25, 0.3) is 0 Å². The van der Waals surface area contributed by atoms with Crippen molar-refractivity contribution < 1.29 is 4.74 Å². The van der Waals surface area contributed by atoms with Gasteiger partial charge < -0.3 is 4.74 Å². The van der Waals surface area contributed by atoms with Crippen LogP contribution in [0.3, 0.4) is 0 Å². The van der Waals surface area contributed by atoms with Crippen LogP contribution in [0, 0.1) is 5.41 Å². The van der Waals surface area contributed by atoms with Gasteiger partial charge in [0.1, 0.15) is 4.93 Å². The van der Waals surface area contributed by atoms with Crippen LogP contribution >= 0.6 is 11.8 Å². The Bertz CT molecular complexity index is 462.